The van der Waals surface area contributed by atoms with Gasteiger partial charge in [-0.05, 0) is 38.7 Å². The molecule has 4 rings (SSSR count). The Labute approximate surface area is 198 Å². The molecular formula is C23H26F5N5O2. The predicted molar refractivity (Wildman–Crippen MR) is 116 cm³/mol. The highest BCUT2D eigenvalue weighted by Crippen LogP contribution is 2.43. The third-order valence-corrected chi connectivity index (χ3v) is 6.66. The third kappa shape index (κ3) is 5.01. The van der Waals surface area contributed by atoms with Crippen molar-refractivity contribution in [1.29, 1.82) is 0 Å². The SMILES string of the molecule is CC(=O)CC[C@@H]1CCC(F)(F)c2c3c(nn2C1)C[C@@H](C)N(C(=O)Nc1ccnc(C(F)F)c1F)C3. The standard InChI is InChI=1S/C23H26F5N5O2/c1-12-9-17-15(11-32(12)22(35)30-16-6-8-29-19(18(16)24)21(25)26)20-23(27,28)7-5-14(4-3-13(2)34)10-33(20)31-17/h6,8,12,14,21H,3-5,7,9-11H2,1-2H3,(H,29,30,35)/t12-,14-/m1/s1. The van der Waals surface area contributed by atoms with Gasteiger partial charge in [-0.2, -0.15) is 13.9 Å². The number of pyridine rings is 1. The van der Waals surface area contributed by atoms with Crippen LogP contribution < -0.4 is 5.32 Å². The second kappa shape index (κ2) is 9.54. The Balaban J connectivity index is 1.59. The third-order valence-electron chi connectivity index (χ3n) is 6.66. The zero-order valence-corrected chi connectivity index (χ0v) is 19.3. The molecule has 1 N–H and O–H groups in total. The van der Waals surface area contributed by atoms with E-state index in [9.17, 15) is 22.8 Å². The summed E-state index contributed by atoms with van der Waals surface area (Å²) in [6, 6.07) is -0.201. The average molecular weight is 499 g/mol. The molecule has 4 heterocycles. The molecule has 2 atom stereocenters. The van der Waals surface area contributed by atoms with E-state index < -0.39 is 48.0 Å². The summed E-state index contributed by atoms with van der Waals surface area (Å²) < 4.78 is 72.0. The number of fused-ring (bicyclic) bond motifs is 3. The number of urea groups is 1. The minimum Gasteiger partial charge on any atom is -0.317 e. The van der Waals surface area contributed by atoms with Crippen molar-refractivity contribution >= 4 is 17.5 Å². The largest absolute Gasteiger partial charge is 0.322 e. The van der Waals surface area contributed by atoms with Gasteiger partial charge >= 0.3 is 6.03 Å². The molecule has 0 saturated carbocycles. The van der Waals surface area contributed by atoms with Crippen molar-refractivity contribution in [2.75, 3.05) is 5.32 Å². The summed E-state index contributed by atoms with van der Waals surface area (Å²) in [5.74, 6) is -4.63. The van der Waals surface area contributed by atoms with Gasteiger partial charge in [0.15, 0.2) is 5.82 Å². The molecule has 2 aromatic heterocycles. The maximum absolute atomic E-state index is 15.2. The molecule has 0 fully saturated rings. The fraction of sp³-hybridized carbons (Fsp3) is 0.565. The molecule has 0 unspecified atom stereocenters. The summed E-state index contributed by atoms with van der Waals surface area (Å²) in [7, 11) is 0. The molecule has 2 aliphatic heterocycles. The highest BCUT2D eigenvalue weighted by Gasteiger charge is 2.44. The van der Waals surface area contributed by atoms with Gasteiger partial charge in [0.2, 0.25) is 0 Å². The van der Waals surface area contributed by atoms with Crippen molar-refractivity contribution in [3.8, 4) is 0 Å². The zero-order valence-electron chi connectivity index (χ0n) is 19.3. The van der Waals surface area contributed by atoms with Crippen molar-refractivity contribution in [2.45, 2.75) is 77.4 Å². The number of carbonyl (C=O) groups is 2. The van der Waals surface area contributed by atoms with Gasteiger partial charge in [0.25, 0.3) is 12.3 Å². The van der Waals surface area contributed by atoms with Crippen LogP contribution in [0.4, 0.5) is 32.4 Å². The first-order valence-electron chi connectivity index (χ1n) is 11.4. The number of anilines is 1. The molecule has 12 heteroatoms. The van der Waals surface area contributed by atoms with Crippen LogP contribution in [0.5, 0.6) is 0 Å². The van der Waals surface area contributed by atoms with Crippen LogP contribution in [0.25, 0.3) is 0 Å². The molecule has 0 aromatic carbocycles. The molecule has 35 heavy (non-hydrogen) atoms. The Hall–Kier alpha value is -3.05. The maximum atomic E-state index is 15.2. The number of amides is 2. The number of ketones is 1. The molecular weight excluding hydrogens is 473 g/mol. The van der Waals surface area contributed by atoms with Crippen LogP contribution in [0, 0.1) is 11.7 Å². The van der Waals surface area contributed by atoms with E-state index in [2.05, 4.69) is 15.4 Å². The van der Waals surface area contributed by atoms with E-state index >= 15 is 8.78 Å². The number of aromatic nitrogens is 3. The summed E-state index contributed by atoms with van der Waals surface area (Å²) in [6.45, 7) is 3.25. The molecule has 2 amide bonds. The van der Waals surface area contributed by atoms with Crippen LogP contribution in [0.3, 0.4) is 0 Å². The van der Waals surface area contributed by atoms with Gasteiger partial charge < -0.3 is 15.0 Å². The van der Waals surface area contributed by atoms with Crippen LogP contribution >= 0.6 is 0 Å². The van der Waals surface area contributed by atoms with E-state index in [0.717, 1.165) is 12.3 Å². The van der Waals surface area contributed by atoms with Crippen molar-refractivity contribution in [3.05, 3.63) is 40.7 Å². The Morgan fingerprint density at radius 2 is 2.06 bits per heavy atom. The Morgan fingerprint density at radius 1 is 1.31 bits per heavy atom. The van der Waals surface area contributed by atoms with Crippen LogP contribution in [-0.4, -0.2) is 37.5 Å². The monoisotopic (exact) mass is 499 g/mol. The van der Waals surface area contributed by atoms with Crippen molar-refractivity contribution in [2.24, 2.45) is 5.92 Å². The summed E-state index contributed by atoms with van der Waals surface area (Å²) in [5.41, 5.74) is -1.07. The smallest absolute Gasteiger partial charge is 0.317 e. The summed E-state index contributed by atoms with van der Waals surface area (Å²) in [4.78, 5) is 28.9. The summed E-state index contributed by atoms with van der Waals surface area (Å²) >= 11 is 0. The lowest BCUT2D eigenvalue weighted by Gasteiger charge is -2.33. The first-order chi connectivity index (χ1) is 16.5. The van der Waals surface area contributed by atoms with E-state index in [1.54, 1.807) is 6.92 Å². The molecule has 0 aliphatic carbocycles. The average Bonchev–Trinajstić information content (AvgIpc) is 3.07. The summed E-state index contributed by atoms with van der Waals surface area (Å²) in [5, 5.41) is 6.71. The van der Waals surface area contributed by atoms with Gasteiger partial charge in [-0.15, -0.1) is 0 Å². The molecule has 2 aliphatic rings. The minimum atomic E-state index is -3.17. The molecule has 7 nitrogen and oxygen atoms in total. The van der Waals surface area contributed by atoms with Gasteiger partial charge in [0, 0.05) is 43.6 Å². The first-order valence-corrected chi connectivity index (χ1v) is 11.4. The van der Waals surface area contributed by atoms with Gasteiger partial charge in [0.05, 0.1) is 17.9 Å². The Bertz CT molecular complexity index is 1140. The molecule has 2 aromatic rings. The van der Waals surface area contributed by atoms with Crippen molar-refractivity contribution in [1.82, 2.24) is 19.7 Å². The second-order valence-corrected chi connectivity index (χ2v) is 9.28. The topological polar surface area (TPSA) is 80.1 Å². The number of hydrogen-bond acceptors (Lipinski definition) is 4. The molecule has 0 spiro atoms. The number of Topliss-reactive ketones (excluding diaryl/α,β-unsaturated/α-hetero) is 1. The van der Waals surface area contributed by atoms with Gasteiger partial charge in [-0.25, -0.2) is 18.0 Å². The van der Waals surface area contributed by atoms with Crippen LogP contribution in [0.15, 0.2) is 12.3 Å². The quantitative estimate of drug-likeness (QED) is 0.574. The van der Waals surface area contributed by atoms with E-state index in [4.69, 9.17) is 0 Å². The van der Waals surface area contributed by atoms with Crippen LogP contribution in [-0.2, 0) is 30.2 Å². The lowest BCUT2D eigenvalue weighted by atomic mass is 9.94. The normalized spacial score (nSPS) is 21.3. The van der Waals surface area contributed by atoms with Gasteiger partial charge in [0.1, 0.15) is 17.2 Å². The number of hydrogen-bond donors (Lipinski definition) is 1. The fourth-order valence-electron chi connectivity index (χ4n) is 4.79. The molecule has 190 valence electrons. The number of alkyl halides is 4. The lowest BCUT2D eigenvalue weighted by molar-refractivity contribution is -0.117. The first kappa shape index (κ1) is 25.1. The van der Waals surface area contributed by atoms with E-state index in [-0.39, 0.29) is 48.9 Å². The number of nitrogens with zero attached hydrogens (tertiary/aromatic N) is 4. The number of carbonyl (C=O) groups excluding carboxylic acids is 2. The van der Waals surface area contributed by atoms with E-state index in [0.29, 0.717) is 18.5 Å². The minimum absolute atomic E-state index is 0.00257. The Kier molecular flexibility index (Phi) is 6.83. The van der Waals surface area contributed by atoms with Crippen molar-refractivity contribution in [3.63, 3.8) is 0 Å². The van der Waals surface area contributed by atoms with Crippen molar-refractivity contribution < 1.29 is 31.5 Å². The second-order valence-electron chi connectivity index (χ2n) is 9.28. The fourth-order valence-corrected chi connectivity index (χ4v) is 4.79. The predicted octanol–water partition coefficient (Wildman–Crippen LogP) is 5.20. The lowest BCUT2D eigenvalue weighted by Crippen LogP contribution is -2.45. The highest BCUT2D eigenvalue weighted by atomic mass is 19.3. The zero-order chi connectivity index (χ0) is 25.5. The molecule has 0 bridgehead atoms. The van der Waals surface area contributed by atoms with Crippen LogP contribution in [0.1, 0.15) is 68.6 Å². The van der Waals surface area contributed by atoms with E-state index in [1.165, 1.54) is 16.5 Å². The van der Waals surface area contributed by atoms with Crippen LogP contribution in [0.2, 0.25) is 0 Å². The van der Waals surface area contributed by atoms with Gasteiger partial charge in [-0.3, -0.25) is 9.67 Å². The number of halogens is 5. The number of rotatable bonds is 5. The van der Waals surface area contributed by atoms with E-state index in [1.807, 2.05) is 0 Å². The Morgan fingerprint density at radius 3 is 2.74 bits per heavy atom. The maximum Gasteiger partial charge on any atom is 0.322 e. The molecule has 0 radical (unpaired) electrons. The molecule has 0 saturated heterocycles. The summed E-state index contributed by atoms with van der Waals surface area (Å²) in [6.07, 6.45) is -1.33. The highest BCUT2D eigenvalue weighted by molar-refractivity contribution is 5.90. The number of nitrogens with one attached hydrogen (secondary N) is 1. The van der Waals surface area contributed by atoms with Gasteiger partial charge in [-0.1, -0.05) is 0 Å².